The van der Waals surface area contributed by atoms with Crippen molar-refractivity contribution in [1.29, 1.82) is 0 Å². The van der Waals surface area contributed by atoms with Crippen molar-refractivity contribution in [2.45, 2.75) is 19.3 Å². The van der Waals surface area contributed by atoms with E-state index in [-0.39, 0.29) is 29.6 Å². The molecule has 1 fully saturated rings. The van der Waals surface area contributed by atoms with Crippen molar-refractivity contribution in [1.82, 2.24) is 8.77 Å². The summed E-state index contributed by atoms with van der Waals surface area (Å²) in [4.78, 5) is 15.8. The van der Waals surface area contributed by atoms with Crippen LogP contribution in [0.25, 0.3) is 0 Å². The van der Waals surface area contributed by atoms with Gasteiger partial charge in [0.15, 0.2) is 0 Å². The maximum absolute atomic E-state index is 10.9. The summed E-state index contributed by atoms with van der Waals surface area (Å²) in [5, 5.41) is 1.64. The summed E-state index contributed by atoms with van der Waals surface area (Å²) in [7, 11) is 0. The van der Waals surface area contributed by atoms with E-state index in [2.05, 4.69) is 25.6 Å². The maximum atomic E-state index is 10.9. The Morgan fingerprint density at radius 1 is 1.23 bits per heavy atom. The molecule has 72 valence electrons. The predicted octanol–water partition coefficient (Wildman–Crippen LogP) is 0.867. The molecule has 0 radical (unpaired) electrons. The molecule has 0 aliphatic carbocycles. The van der Waals surface area contributed by atoms with E-state index in [1.54, 1.807) is 5.06 Å². The van der Waals surface area contributed by atoms with E-state index in [1.165, 1.54) is 6.42 Å². The predicted molar refractivity (Wildman–Crippen MR) is 58.9 cm³/mol. The number of amides is 1. The van der Waals surface area contributed by atoms with Crippen LogP contribution in [0.3, 0.4) is 0 Å². The molecule has 13 heavy (non-hydrogen) atoms. The molecule has 1 heterocycles. The van der Waals surface area contributed by atoms with Gasteiger partial charge in [0.05, 0.1) is 0 Å². The number of carbonyl (C=O) groups excluding carboxylic acids is 1. The molecule has 4 nitrogen and oxygen atoms in total. The van der Waals surface area contributed by atoms with Crippen LogP contribution in [-0.4, -0.2) is 57.5 Å². The molecule has 0 N–H and O–H groups in total. The van der Waals surface area contributed by atoms with Gasteiger partial charge in [0.25, 0.3) is 0 Å². The standard InChI is InChI=1S/C6H12N2O2S2.Na.H/c9-6(8(11)12)10-7-4-2-1-3-5-7;;/h11-12H,1-5H2;;. The van der Waals surface area contributed by atoms with Gasteiger partial charge in [-0.2, -0.15) is 3.71 Å². The van der Waals surface area contributed by atoms with Gasteiger partial charge in [0, 0.05) is 13.1 Å². The SMILES string of the molecule is O=C(ON1CCCCC1)N(S)S.[NaH]. The summed E-state index contributed by atoms with van der Waals surface area (Å²) in [5.41, 5.74) is 0. The zero-order valence-electron chi connectivity index (χ0n) is 6.64. The van der Waals surface area contributed by atoms with E-state index in [0.717, 1.165) is 29.6 Å². The van der Waals surface area contributed by atoms with Crippen molar-refractivity contribution in [3.05, 3.63) is 0 Å². The summed E-state index contributed by atoms with van der Waals surface area (Å²) in [6.07, 6.45) is 2.81. The van der Waals surface area contributed by atoms with E-state index in [9.17, 15) is 4.79 Å². The molecular weight excluding hydrogens is 219 g/mol. The van der Waals surface area contributed by atoms with Crippen molar-refractivity contribution >= 4 is 61.3 Å². The van der Waals surface area contributed by atoms with E-state index in [4.69, 9.17) is 4.84 Å². The van der Waals surface area contributed by atoms with Crippen molar-refractivity contribution in [2.24, 2.45) is 0 Å². The molecule has 1 aliphatic heterocycles. The van der Waals surface area contributed by atoms with Gasteiger partial charge in [-0.15, -0.1) is 5.06 Å². The number of thiol groups is 2. The van der Waals surface area contributed by atoms with Crippen molar-refractivity contribution in [3.63, 3.8) is 0 Å². The fraction of sp³-hybridized carbons (Fsp3) is 0.833. The Kier molecular flexibility index (Phi) is 7.77. The van der Waals surface area contributed by atoms with Crippen LogP contribution >= 0.6 is 25.6 Å². The molecule has 1 aliphatic rings. The molecule has 1 rings (SSSR count). The second kappa shape index (κ2) is 7.25. The molecule has 1 amide bonds. The third-order valence-electron chi connectivity index (χ3n) is 1.69. The molecule has 0 aromatic rings. The molecular formula is C6H13N2NaO2S2. The summed E-state index contributed by atoms with van der Waals surface area (Å²) >= 11 is 7.38. The molecule has 0 unspecified atom stereocenters. The summed E-state index contributed by atoms with van der Waals surface area (Å²) in [6, 6.07) is 0. The zero-order chi connectivity index (χ0) is 8.97. The Hall–Kier alpha value is 0.930. The average molecular weight is 232 g/mol. The van der Waals surface area contributed by atoms with Gasteiger partial charge in [-0.3, -0.25) is 0 Å². The van der Waals surface area contributed by atoms with Crippen molar-refractivity contribution in [3.8, 4) is 0 Å². The normalized spacial score (nSPS) is 17.4. The Bertz CT molecular complexity index is 165. The van der Waals surface area contributed by atoms with Crippen LogP contribution in [0.1, 0.15) is 19.3 Å². The monoisotopic (exact) mass is 232 g/mol. The topological polar surface area (TPSA) is 32.8 Å². The second-order valence-corrected chi connectivity index (χ2v) is 3.75. The number of nitrogens with zero attached hydrogens (tertiary/aromatic N) is 2. The van der Waals surface area contributed by atoms with E-state index < -0.39 is 6.09 Å². The van der Waals surface area contributed by atoms with E-state index >= 15 is 0 Å². The molecule has 7 heteroatoms. The fourth-order valence-corrected chi connectivity index (χ4v) is 1.18. The molecule has 0 atom stereocenters. The average Bonchev–Trinajstić information content (AvgIpc) is 2.06. The van der Waals surface area contributed by atoms with Gasteiger partial charge in [0.1, 0.15) is 0 Å². The van der Waals surface area contributed by atoms with E-state index in [0.29, 0.717) is 0 Å². The van der Waals surface area contributed by atoms with Crippen LogP contribution in [0.5, 0.6) is 0 Å². The first-order valence-electron chi connectivity index (χ1n) is 3.85. The summed E-state index contributed by atoms with van der Waals surface area (Å²) in [5.74, 6) is 0. The van der Waals surface area contributed by atoms with Gasteiger partial charge < -0.3 is 4.84 Å². The number of hydrogen-bond acceptors (Lipinski definition) is 5. The molecule has 0 saturated carbocycles. The molecule has 0 aromatic heterocycles. The van der Waals surface area contributed by atoms with Gasteiger partial charge in [-0.1, -0.05) is 6.42 Å². The first-order valence-corrected chi connectivity index (χ1v) is 4.65. The fourth-order valence-electron chi connectivity index (χ4n) is 1.10. The van der Waals surface area contributed by atoms with Crippen LogP contribution in [0.4, 0.5) is 4.79 Å². The first kappa shape index (κ1) is 13.9. The van der Waals surface area contributed by atoms with Gasteiger partial charge >= 0.3 is 35.7 Å². The second-order valence-electron chi connectivity index (χ2n) is 2.64. The zero-order valence-corrected chi connectivity index (χ0v) is 8.43. The quantitative estimate of drug-likeness (QED) is 0.520. The number of piperidine rings is 1. The third kappa shape index (κ3) is 5.39. The van der Waals surface area contributed by atoms with Crippen molar-refractivity contribution in [2.75, 3.05) is 13.1 Å². The van der Waals surface area contributed by atoms with Crippen LogP contribution in [-0.2, 0) is 4.84 Å². The number of hydrogen-bond donors (Lipinski definition) is 2. The Morgan fingerprint density at radius 2 is 1.77 bits per heavy atom. The Balaban J connectivity index is 0.00000144. The van der Waals surface area contributed by atoms with Gasteiger partial charge in [-0.05, 0) is 38.5 Å². The summed E-state index contributed by atoms with van der Waals surface area (Å²) in [6.45, 7) is 1.61. The Labute approximate surface area is 111 Å². The van der Waals surface area contributed by atoms with Crippen molar-refractivity contribution < 1.29 is 9.63 Å². The van der Waals surface area contributed by atoms with E-state index in [1.807, 2.05) is 0 Å². The van der Waals surface area contributed by atoms with Gasteiger partial charge in [0.2, 0.25) is 0 Å². The third-order valence-corrected chi connectivity index (χ3v) is 2.01. The number of carbonyl (C=O) groups is 1. The minimum absolute atomic E-state index is 0. The van der Waals surface area contributed by atoms with Crippen LogP contribution in [0.15, 0.2) is 0 Å². The molecule has 0 aromatic carbocycles. The molecule has 0 bridgehead atoms. The number of hydroxylamine groups is 2. The number of rotatable bonds is 1. The van der Waals surface area contributed by atoms with Crippen LogP contribution < -0.4 is 0 Å². The molecule has 0 spiro atoms. The first-order chi connectivity index (χ1) is 5.70. The minimum atomic E-state index is -0.552. The summed E-state index contributed by atoms with van der Waals surface area (Å²) < 4.78 is 0.828. The van der Waals surface area contributed by atoms with Crippen LogP contribution in [0, 0.1) is 0 Å². The molecule has 1 saturated heterocycles. The Morgan fingerprint density at radius 3 is 2.23 bits per heavy atom. The van der Waals surface area contributed by atoms with Gasteiger partial charge in [-0.25, -0.2) is 4.79 Å². The van der Waals surface area contributed by atoms with Crippen LogP contribution in [0.2, 0.25) is 0 Å².